The topological polar surface area (TPSA) is 26.3 Å². The Kier molecular flexibility index (Phi) is 2.51. The van der Waals surface area contributed by atoms with E-state index >= 15 is 0 Å². The van der Waals surface area contributed by atoms with Gasteiger partial charge in [-0.25, -0.2) is 4.79 Å². The molecule has 2 rings (SSSR count). The lowest BCUT2D eigenvalue weighted by atomic mass is 10.2. The quantitative estimate of drug-likeness (QED) is 0.551. The predicted octanol–water partition coefficient (Wildman–Crippen LogP) is 5.35. The zero-order valence-electron chi connectivity index (χ0n) is 9.33. The number of carbonyl (C=O) groups is 1. The van der Waals surface area contributed by atoms with E-state index in [1.807, 2.05) is 0 Å². The van der Waals surface area contributed by atoms with Gasteiger partial charge in [0.05, 0.1) is 7.11 Å². The van der Waals surface area contributed by atoms with Gasteiger partial charge >= 0.3 is 16.2 Å². The van der Waals surface area contributed by atoms with Crippen LogP contribution in [0.15, 0.2) is 29.2 Å². The molecule has 0 aliphatic heterocycles. The monoisotopic (exact) mass is 318 g/mol. The van der Waals surface area contributed by atoms with Gasteiger partial charge in [-0.15, -0.1) is 11.3 Å². The molecule has 0 fully saturated rings. The molecule has 19 heavy (non-hydrogen) atoms. The van der Waals surface area contributed by atoms with E-state index in [9.17, 15) is 24.2 Å². The number of hydrogen-bond acceptors (Lipinski definition) is 3. The zero-order valence-corrected chi connectivity index (χ0v) is 11.0. The van der Waals surface area contributed by atoms with Crippen molar-refractivity contribution in [2.45, 2.75) is 4.90 Å². The SMILES string of the molecule is COC(=O)c1cc2cc(S(F)(F)(F)(F)F)ccc2s1. The van der Waals surface area contributed by atoms with E-state index in [-0.39, 0.29) is 10.3 Å². The smallest absolute Gasteiger partial charge is 0.348 e. The second-order valence-electron chi connectivity index (χ2n) is 3.77. The zero-order chi connectivity index (χ0) is 14.5. The maximum absolute atomic E-state index is 12.6. The maximum Gasteiger partial charge on any atom is 0.348 e. The van der Waals surface area contributed by atoms with Crippen molar-refractivity contribution in [3.63, 3.8) is 0 Å². The van der Waals surface area contributed by atoms with E-state index in [0.717, 1.165) is 30.6 Å². The van der Waals surface area contributed by atoms with E-state index in [4.69, 9.17) is 0 Å². The highest BCUT2D eigenvalue weighted by molar-refractivity contribution is 8.45. The van der Waals surface area contributed by atoms with Crippen molar-refractivity contribution in [2.75, 3.05) is 7.11 Å². The molecule has 1 heterocycles. The van der Waals surface area contributed by atoms with E-state index in [2.05, 4.69) is 4.74 Å². The van der Waals surface area contributed by atoms with Crippen molar-refractivity contribution in [3.05, 3.63) is 29.1 Å². The molecule has 0 spiro atoms. The number of rotatable bonds is 2. The van der Waals surface area contributed by atoms with Crippen LogP contribution in [0.1, 0.15) is 9.67 Å². The van der Waals surface area contributed by atoms with Crippen molar-refractivity contribution in [1.29, 1.82) is 0 Å². The van der Waals surface area contributed by atoms with Gasteiger partial charge in [-0.2, -0.15) is 0 Å². The average molecular weight is 318 g/mol. The van der Waals surface area contributed by atoms with E-state index < -0.39 is 21.1 Å². The molecule has 0 saturated carbocycles. The number of carbonyl (C=O) groups excluding carboxylic acids is 1. The van der Waals surface area contributed by atoms with Crippen LogP contribution in [0.3, 0.4) is 0 Å². The third-order valence-electron chi connectivity index (χ3n) is 2.32. The second-order valence-corrected chi connectivity index (χ2v) is 7.26. The molecule has 0 aliphatic rings. The summed E-state index contributed by atoms with van der Waals surface area (Å²) < 4.78 is 67.8. The number of methoxy groups -OCH3 is 1. The van der Waals surface area contributed by atoms with E-state index in [1.54, 1.807) is 0 Å². The lowest BCUT2D eigenvalue weighted by Crippen LogP contribution is -2.05. The molecule has 2 aromatic rings. The Morgan fingerprint density at radius 3 is 2.32 bits per heavy atom. The van der Waals surface area contributed by atoms with Crippen LogP contribution in [0.4, 0.5) is 19.4 Å². The minimum Gasteiger partial charge on any atom is -0.465 e. The highest BCUT2D eigenvalue weighted by Crippen LogP contribution is 3.02. The molecule has 0 radical (unpaired) electrons. The van der Waals surface area contributed by atoms with Gasteiger partial charge in [0.2, 0.25) is 0 Å². The van der Waals surface area contributed by atoms with Crippen LogP contribution in [-0.4, -0.2) is 13.1 Å². The number of hydrogen-bond donors (Lipinski definition) is 0. The van der Waals surface area contributed by atoms with Gasteiger partial charge in [0.1, 0.15) is 9.77 Å². The first-order valence-corrected chi connectivity index (χ1v) is 7.53. The molecule has 9 heteroatoms. The van der Waals surface area contributed by atoms with Crippen molar-refractivity contribution in [1.82, 2.24) is 0 Å². The number of halogens is 5. The summed E-state index contributed by atoms with van der Waals surface area (Å²) in [4.78, 5) is 9.30. The molecule has 1 aromatic heterocycles. The summed E-state index contributed by atoms with van der Waals surface area (Å²) >= 11 is 0.873. The number of fused-ring (bicyclic) bond motifs is 1. The van der Waals surface area contributed by atoms with Gasteiger partial charge in [0, 0.05) is 4.70 Å². The number of ether oxygens (including phenoxy) is 1. The summed E-state index contributed by atoms with van der Waals surface area (Å²) in [6, 6.07) is 2.68. The van der Waals surface area contributed by atoms with E-state index in [0.29, 0.717) is 16.8 Å². The standard InChI is InChI=1S/C10H7F5O2S2/c1-17-10(16)9-5-6-4-7(2-3-8(6)18-9)19(11,12,13,14)15/h2-5H,1H3. The molecule has 0 unspecified atom stereocenters. The Hall–Kier alpha value is -1.35. The first kappa shape index (κ1) is 14.1. The molecule has 0 N–H and O–H groups in total. The fourth-order valence-corrected chi connectivity index (χ4v) is 3.10. The van der Waals surface area contributed by atoms with Gasteiger partial charge in [-0.1, -0.05) is 19.4 Å². The summed E-state index contributed by atoms with van der Waals surface area (Å²) in [5, 5.41) is -0.0730. The molecule has 0 amide bonds. The normalized spacial score (nSPS) is 15.9. The largest absolute Gasteiger partial charge is 0.465 e. The highest BCUT2D eigenvalue weighted by atomic mass is 32.5. The van der Waals surface area contributed by atoms with Crippen molar-refractivity contribution < 1.29 is 29.0 Å². The minimum absolute atomic E-state index is 0.0526. The van der Waals surface area contributed by atoms with Crippen molar-refractivity contribution >= 4 is 37.6 Å². The Labute approximate surface area is 108 Å². The molecule has 2 nitrogen and oxygen atoms in total. The molecule has 0 atom stereocenters. The predicted molar refractivity (Wildman–Crippen MR) is 64.6 cm³/mol. The molecule has 0 aliphatic carbocycles. The van der Waals surface area contributed by atoms with Crippen LogP contribution in [0.2, 0.25) is 0 Å². The Morgan fingerprint density at radius 1 is 1.16 bits per heavy atom. The summed E-state index contributed by atoms with van der Waals surface area (Å²) in [6.45, 7) is 0. The van der Waals surface area contributed by atoms with Crippen LogP contribution >= 0.6 is 21.6 Å². The summed E-state index contributed by atoms with van der Waals surface area (Å²) in [6.07, 6.45) is 0. The Morgan fingerprint density at radius 2 is 1.79 bits per heavy atom. The van der Waals surface area contributed by atoms with Gasteiger partial charge in [0.15, 0.2) is 0 Å². The van der Waals surface area contributed by atoms with Gasteiger partial charge in [-0.05, 0) is 29.7 Å². The Balaban J connectivity index is 2.63. The molecular weight excluding hydrogens is 311 g/mol. The van der Waals surface area contributed by atoms with Crippen molar-refractivity contribution in [3.8, 4) is 0 Å². The van der Waals surface area contributed by atoms with Crippen LogP contribution in [0.25, 0.3) is 10.1 Å². The average Bonchev–Trinajstić information content (AvgIpc) is 2.67. The van der Waals surface area contributed by atoms with Crippen molar-refractivity contribution in [2.24, 2.45) is 0 Å². The van der Waals surface area contributed by atoms with E-state index in [1.165, 1.54) is 0 Å². The minimum atomic E-state index is -9.70. The second kappa shape index (κ2) is 3.40. The van der Waals surface area contributed by atoms with Gasteiger partial charge in [-0.3, -0.25) is 0 Å². The van der Waals surface area contributed by atoms with Gasteiger partial charge in [0.25, 0.3) is 0 Å². The number of benzene rings is 1. The summed E-state index contributed by atoms with van der Waals surface area (Å²) in [5.74, 6) is -0.727. The highest BCUT2D eigenvalue weighted by Gasteiger charge is 2.65. The molecule has 106 valence electrons. The fraction of sp³-hybridized carbons (Fsp3) is 0.100. The van der Waals surface area contributed by atoms with Crippen LogP contribution in [0, 0.1) is 0 Å². The third kappa shape index (κ3) is 2.81. The lowest BCUT2D eigenvalue weighted by Gasteiger charge is -2.40. The number of thiophene rings is 1. The molecule has 0 bridgehead atoms. The summed E-state index contributed by atoms with van der Waals surface area (Å²) in [5.41, 5.74) is 0. The lowest BCUT2D eigenvalue weighted by molar-refractivity contribution is 0.0606. The first-order chi connectivity index (χ1) is 8.40. The van der Waals surface area contributed by atoms with Crippen LogP contribution in [0.5, 0.6) is 0 Å². The Bertz CT molecular complexity index is 674. The van der Waals surface area contributed by atoms with Crippen LogP contribution < -0.4 is 0 Å². The molecule has 0 saturated heterocycles. The van der Waals surface area contributed by atoms with Crippen LogP contribution in [-0.2, 0) is 4.74 Å². The van der Waals surface area contributed by atoms with Gasteiger partial charge < -0.3 is 4.74 Å². The third-order valence-corrected chi connectivity index (χ3v) is 4.56. The molecular formula is C10H7F5O2S2. The summed E-state index contributed by atoms with van der Waals surface area (Å²) in [7, 11) is -8.58. The fourth-order valence-electron chi connectivity index (χ4n) is 1.46. The first-order valence-electron chi connectivity index (χ1n) is 4.77. The maximum atomic E-state index is 12.6. The number of esters is 1. The molecule has 1 aromatic carbocycles.